The van der Waals surface area contributed by atoms with Gasteiger partial charge >= 0.3 is 0 Å². The van der Waals surface area contributed by atoms with Crippen LogP contribution in [0.1, 0.15) is 20.8 Å². The van der Waals surface area contributed by atoms with Crippen molar-refractivity contribution in [3.63, 3.8) is 0 Å². The number of hydrogen-bond acceptors (Lipinski definition) is 4. The summed E-state index contributed by atoms with van der Waals surface area (Å²) in [6.45, 7) is 10.5. The molecule has 15 heavy (non-hydrogen) atoms. The molecule has 0 aliphatic carbocycles. The van der Waals surface area contributed by atoms with Gasteiger partial charge in [0.15, 0.2) is 0 Å². The molecule has 0 spiro atoms. The molecule has 90 valence electrons. The van der Waals surface area contributed by atoms with Crippen LogP contribution in [-0.4, -0.2) is 56.0 Å². The first-order chi connectivity index (χ1) is 7.11. The molecule has 0 aromatic heterocycles. The van der Waals surface area contributed by atoms with Gasteiger partial charge in [-0.3, -0.25) is 4.90 Å². The van der Waals surface area contributed by atoms with Crippen molar-refractivity contribution in [3.05, 3.63) is 0 Å². The maximum Gasteiger partial charge on any atom is 0.0828 e. The molecule has 0 aromatic carbocycles. The SMILES string of the molecule is CC(C)OCCN1CC(C)OC(CN)C1. The van der Waals surface area contributed by atoms with Crippen LogP contribution in [0.4, 0.5) is 0 Å². The van der Waals surface area contributed by atoms with E-state index in [0.29, 0.717) is 12.6 Å². The third-order valence-corrected chi connectivity index (χ3v) is 2.52. The largest absolute Gasteiger partial charge is 0.377 e. The van der Waals surface area contributed by atoms with Gasteiger partial charge in [-0.05, 0) is 20.8 Å². The second-order valence-electron chi connectivity index (χ2n) is 4.48. The van der Waals surface area contributed by atoms with Gasteiger partial charge in [-0.15, -0.1) is 0 Å². The Labute approximate surface area is 92.7 Å². The van der Waals surface area contributed by atoms with Crippen LogP contribution >= 0.6 is 0 Å². The molecule has 1 aliphatic heterocycles. The fourth-order valence-corrected chi connectivity index (χ4v) is 1.87. The van der Waals surface area contributed by atoms with E-state index in [4.69, 9.17) is 15.2 Å². The number of nitrogens with two attached hydrogens (primary N) is 1. The lowest BCUT2D eigenvalue weighted by molar-refractivity contribution is -0.0786. The zero-order valence-corrected chi connectivity index (χ0v) is 10.1. The first-order valence-electron chi connectivity index (χ1n) is 5.81. The highest BCUT2D eigenvalue weighted by atomic mass is 16.5. The molecular weight excluding hydrogens is 192 g/mol. The summed E-state index contributed by atoms with van der Waals surface area (Å²) in [5, 5.41) is 0. The summed E-state index contributed by atoms with van der Waals surface area (Å²) in [4.78, 5) is 2.37. The van der Waals surface area contributed by atoms with Crippen LogP contribution in [0.15, 0.2) is 0 Å². The first kappa shape index (κ1) is 12.9. The Balaban J connectivity index is 2.22. The summed E-state index contributed by atoms with van der Waals surface area (Å²) in [7, 11) is 0. The molecule has 0 radical (unpaired) electrons. The molecule has 1 fully saturated rings. The second-order valence-corrected chi connectivity index (χ2v) is 4.48. The van der Waals surface area contributed by atoms with Gasteiger partial charge in [0.1, 0.15) is 0 Å². The fraction of sp³-hybridized carbons (Fsp3) is 1.00. The van der Waals surface area contributed by atoms with Crippen molar-refractivity contribution < 1.29 is 9.47 Å². The molecular formula is C11H24N2O2. The molecule has 0 aromatic rings. The monoisotopic (exact) mass is 216 g/mol. The van der Waals surface area contributed by atoms with Crippen LogP contribution in [0.25, 0.3) is 0 Å². The van der Waals surface area contributed by atoms with Gasteiger partial charge in [0.05, 0.1) is 24.9 Å². The predicted octanol–water partition coefficient (Wildman–Crippen LogP) is 0.459. The van der Waals surface area contributed by atoms with Crippen LogP contribution in [0.2, 0.25) is 0 Å². The van der Waals surface area contributed by atoms with Gasteiger partial charge < -0.3 is 15.2 Å². The summed E-state index contributed by atoms with van der Waals surface area (Å²) in [6, 6.07) is 0. The van der Waals surface area contributed by atoms with E-state index < -0.39 is 0 Å². The molecule has 1 aliphatic rings. The van der Waals surface area contributed by atoms with Crippen LogP contribution in [0, 0.1) is 0 Å². The topological polar surface area (TPSA) is 47.7 Å². The highest BCUT2D eigenvalue weighted by Gasteiger charge is 2.23. The van der Waals surface area contributed by atoms with Crippen LogP contribution in [0.5, 0.6) is 0 Å². The third kappa shape index (κ3) is 4.93. The Morgan fingerprint density at radius 1 is 1.47 bits per heavy atom. The predicted molar refractivity (Wildman–Crippen MR) is 60.9 cm³/mol. The van der Waals surface area contributed by atoms with Gasteiger partial charge in [0, 0.05) is 26.2 Å². The number of morpholine rings is 1. The lowest BCUT2D eigenvalue weighted by atomic mass is 10.2. The standard InChI is InChI=1S/C11H24N2O2/c1-9(2)14-5-4-13-7-10(3)15-11(6-12)8-13/h9-11H,4-8,12H2,1-3H3. The molecule has 4 nitrogen and oxygen atoms in total. The number of nitrogens with zero attached hydrogens (tertiary/aromatic N) is 1. The Hall–Kier alpha value is -0.160. The third-order valence-electron chi connectivity index (χ3n) is 2.52. The Morgan fingerprint density at radius 3 is 2.80 bits per heavy atom. The average Bonchev–Trinajstić information content (AvgIpc) is 2.16. The zero-order valence-electron chi connectivity index (χ0n) is 10.1. The maximum atomic E-state index is 5.69. The molecule has 0 bridgehead atoms. The molecule has 2 N–H and O–H groups in total. The summed E-state index contributed by atoms with van der Waals surface area (Å²) < 4.78 is 11.2. The van der Waals surface area contributed by atoms with Crippen molar-refractivity contribution in [1.29, 1.82) is 0 Å². The van der Waals surface area contributed by atoms with E-state index in [2.05, 4.69) is 25.7 Å². The zero-order chi connectivity index (χ0) is 11.3. The molecule has 0 saturated carbocycles. The maximum absolute atomic E-state index is 5.69. The first-order valence-corrected chi connectivity index (χ1v) is 5.81. The summed E-state index contributed by atoms with van der Waals surface area (Å²) in [5.74, 6) is 0. The van der Waals surface area contributed by atoms with Gasteiger partial charge in [0.25, 0.3) is 0 Å². The van der Waals surface area contributed by atoms with E-state index >= 15 is 0 Å². The highest BCUT2D eigenvalue weighted by Crippen LogP contribution is 2.09. The van der Waals surface area contributed by atoms with Crippen molar-refractivity contribution in [2.45, 2.75) is 39.1 Å². The van der Waals surface area contributed by atoms with E-state index in [1.54, 1.807) is 0 Å². The Bertz CT molecular complexity index is 176. The molecule has 1 saturated heterocycles. The lowest BCUT2D eigenvalue weighted by Gasteiger charge is -2.36. The van der Waals surface area contributed by atoms with Crippen molar-refractivity contribution in [2.75, 3.05) is 32.8 Å². The minimum Gasteiger partial charge on any atom is -0.377 e. The van der Waals surface area contributed by atoms with Gasteiger partial charge in [-0.25, -0.2) is 0 Å². The average molecular weight is 216 g/mol. The molecule has 1 rings (SSSR count). The number of hydrogen-bond donors (Lipinski definition) is 1. The number of ether oxygens (including phenoxy) is 2. The number of rotatable bonds is 5. The Kier molecular flexibility index (Phi) is 5.53. The second kappa shape index (κ2) is 6.43. The van der Waals surface area contributed by atoms with E-state index in [1.165, 1.54) is 0 Å². The van der Waals surface area contributed by atoms with Gasteiger partial charge in [-0.2, -0.15) is 0 Å². The summed E-state index contributed by atoms with van der Waals surface area (Å²) in [6.07, 6.45) is 0.785. The highest BCUT2D eigenvalue weighted by molar-refractivity contribution is 4.76. The van der Waals surface area contributed by atoms with E-state index in [9.17, 15) is 0 Å². The van der Waals surface area contributed by atoms with Crippen molar-refractivity contribution in [3.8, 4) is 0 Å². The minimum absolute atomic E-state index is 0.188. The molecule has 2 atom stereocenters. The molecule has 4 heteroatoms. The molecule has 1 heterocycles. The quantitative estimate of drug-likeness (QED) is 0.725. The van der Waals surface area contributed by atoms with Crippen LogP contribution in [-0.2, 0) is 9.47 Å². The lowest BCUT2D eigenvalue weighted by Crippen LogP contribution is -2.50. The van der Waals surface area contributed by atoms with E-state index in [-0.39, 0.29) is 12.2 Å². The minimum atomic E-state index is 0.188. The fourth-order valence-electron chi connectivity index (χ4n) is 1.87. The van der Waals surface area contributed by atoms with Crippen LogP contribution in [0.3, 0.4) is 0 Å². The van der Waals surface area contributed by atoms with E-state index in [1.807, 2.05) is 0 Å². The van der Waals surface area contributed by atoms with Gasteiger partial charge in [-0.1, -0.05) is 0 Å². The van der Waals surface area contributed by atoms with Crippen molar-refractivity contribution >= 4 is 0 Å². The van der Waals surface area contributed by atoms with Crippen molar-refractivity contribution in [2.24, 2.45) is 5.73 Å². The van der Waals surface area contributed by atoms with E-state index in [0.717, 1.165) is 26.2 Å². The molecule has 2 unspecified atom stereocenters. The van der Waals surface area contributed by atoms with Crippen LogP contribution < -0.4 is 5.73 Å². The normalized spacial score (nSPS) is 28.6. The summed E-state index contributed by atoms with van der Waals surface area (Å²) in [5.41, 5.74) is 5.62. The summed E-state index contributed by atoms with van der Waals surface area (Å²) >= 11 is 0. The smallest absolute Gasteiger partial charge is 0.0828 e. The Morgan fingerprint density at radius 2 is 2.20 bits per heavy atom. The van der Waals surface area contributed by atoms with Gasteiger partial charge in [0.2, 0.25) is 0 Å². The van der Waals surface area contributed by atoms with Crippen molar-refractivity contribution in [1.82, 2.24) is 4.90 Å². The molecule has 0 amide bonds.